The number of thioether (sulfide) groups is 1. The van der Waals surface area contributed by atoms with E-state index < -0.39 is 0 Å². The fourth-order valence-electron chi connectivity index (χ4n) is 2.65. The van der Waals surface area contributed by atoms with Gasteiger partial charge in [0.15, 0.2) is 0 Å². The highest BCUT2D eigenvalue weighted by molar-refractivity contribution is 8.26. The standard InChI is InChI=1S/C17H16N2OS2/c1-4-9-19-16(20)15(22-17(19)21)10-13-11(2)18(3)14-8-6-5-7-12(13)14/h4-8,10H,1,9H2,2-3H3/b15-10+. The predicted octanol–water partition coefficient (Wildman–Crippen LogP) is 3.87. The zero-order valence-electron chi connectivity index (χ0n) is 12.5. The van der Waals surface area contributed by atoms with Gasteiger partial charge in [0, 0.05) is 35.8 Å². The number of para-hydroxylation sites is 1. The summed E-state index contributed by atoms with van der Waals surface area (Å²) in [6.07, 6.45) is 3.65. The summed E-state index contributed by atoms with van der Waals surface area (Å²) in [4.78, 5) is 14.7. The number of aryl methyl sites for hydroxylation is 1. The van der Waals surface area contributed by atoms with E-state index in [-0.39, 0.29) is 5.91 Å². The molecular formula is C17H16N2OS2. The molecule has 2 heterocycles. The third-order valence-electron chi connectivity index (χ3n) is 3.91. The smallest absolute Gasteiger partial charge is 0.266 e. The first-order valence-corrected chi connectivity index (χ1v) is 8.17. The third-order valence-corrected chi connectivity index (χ3v) is 5.29. The Bertz CT molecular complexity index is 833. The number of amides is 1. The maximum Gasteiger partial charge on any atom is 0.266 e. The van der Waals surface area contributed by atoms with Crippen molar-refractivity contribution in [2.24, 2.45) is 7.05 Å². The number of aromatic nitrogens is 1. The first-order valence-electron chi connectivity index (χ1n) is 6.95. The zero-order chi connectivity index (χ0) is 15.9. The lowest BCUT2D eigenvalue weighted by molar-refractivity contribution is -0.121. The van der Waals surface area contributed by atoms with Crippen molar-refractivity contribution in [1.29, 1.82) is 0 Å². The SMILES string of the molecule is C=CCN1C(=O)/C(=C\c2c(C)n(C)c3ccccc23)SC1=S. The van der Waals surface area contributed by atoms with E-state index in [1.807, 2.05) is 25.3 Å². The van der Waals surface area contributed by atoms with Gasteiger partial charge in [-0.3, -0.25) is 9.69 Å². The van der Waals surface area contributed by atoms with Gasteiger partial charge in [0.25, 0.3) is 5.91 Å². The van der Waals surface area contributed by atoms with E-state index in [1.54, 1.807) is 11.0 Å². The summed E-state index contributed by atoms with van der Waals surface area (Å²) >= 11 is 6.64. The molecule has 0 aliphatic carbocycles. The van der Waals surface area contributed by atoms with Gasteiger partial charge in [0.2, 0.25) is 0 Å². The number of hydrogen-bond acceptors (Lipinski definition) is 3. The molecule has 0 spiro atoms. The van der Waals surface area contributed by atoms with Crippen molar-refractivity contribution in [2.75, 3.05) is 6.54 Å². The number of carbonyl (C=O) groups is 1. The van der Waals surface area contributed by atoms with Crippen molar-refractivity contribution in [2.45, 2.75) is 6.92 Å². The van der Waals surface area contributed by atoms with Crippen molar-refractivity contribution in [3.63, 3.8) is 0 Å². The fraction of sp³-hybridized carbons (Fsp3) is 0.176. The van der Waals surface area contributed by atoms with Crippen molar-refractivity contribution in [3.05, 3.63) is 53.1 Å². The van der Waals surface area contributed by atoms with E-state index in [0.29, 0.717) is 15.8 Å². The summed E-state index contributed by atoms with van der Waals surface area (Å²) in [5.41, 5.74) is 3.38. The van der Waals surface area contributed by atoms with Gasteiger partial charge in [-0.05, 0) is 19.1 Å². The molecule has 1 aromatic carbocycles. The Kier molecular flexibility index (Phi) is 3.93. The molecule has 112 valence electrons. The minimum absolute atomic E-state index is 0.0396. The molecule has 1 fully saturated rings. The highest BCUT2D eigenvalue weighted by atomic mass is 32.2. The Labute approximate surface area is 139 Å². The van der Waals surface area contributed by atoms with Gasteiger partial charge in [-0.2, -0.15) is 0 Å². The topological polar surface area (TPSA) is 25.2 Å². The molecule has 1 saturated heterocycles. The monoisotopic (exact) mass is 328 g/mol. The Balaban J connectivity index is 2.10. The van der Waals surface area contributed by atoms with Crippen LogP contribution in [0.2, 0.25) is 0 Å². The molecule has 1 aromatic heterocycles. The summed E-state index contributed by atoms with van der Waals surface area (Å²) in [5, 5.41) is 1.15. The van der Waals surface area contributed by atoms with Crippen LogP contribution in [0.3, 0.4) is 0 Å². The minimum atomic E-state index is -0.0396. The number of hydrogen-bond donors (Lipinski definition) is 0. The molecule has 3 rings (SSSR count). The van der Waals surface area contributed by atoms with Gasteiger partial charge < -0.3 is 4.57 Å². The number of benzene rings is 1. The number of carbonyl (C=O) groups excluding carboxylic acids is 1. The molecule has 0 saturated carbocycles. The fourth-order valence-corrected chi connectivity index (χ4v) is 3.91. The molecule has 0 radical (unpaired) electrons. The van der Waals surface area contributed by atoms with Crippen LogP contribution in [0.1, 0.15) is 11.3 Å². The highest BCUT2D eigenvalue weighted by Gasteiger charge is 2.31. The number of thiocarbonyl (C=S) groups is 1. The summed E-state index contributed by atoms with van der Waals surface area (Å²) < 4.78 is 2.74. The van der Waals surface area contributed by atoms with E-state index in [2.05, 4.69) is 30.2 Å². The van der Waals surface area contributed by atoms with E-state index in [9.17, 15) is 4.79 Å². The first-order chi connectivity index (χ1) is 10.5. The van der Waals surface area contributed by atoms with Crippen molar-refractivity contribution < 1.29 is 4.79 Å². The Morgan fingerprint density at radius 3 is 2.82 bits per heavy atom. The summed E-state index contributed by atoms with van der Waals surface area (Å²) in [5.74, 6) is -0.0396. The Hall–Kier alpha value is -1.85. The van der Waals surface area contributed by atoms with Crippen LogP contribution in [0.4, 0.5) is 0 Å². The third kappa shape index (κ3) is 2.30. The first kappa shape index (κ1) is 15.1. The van der Waals surface area contributed by atoms with Gasteiger partial charge in [0.05, 0.1) is 4.91 Å². The lowest BCUT2D eigenvalue weighted by Crippen LogP contribution is -2.27. The zero-order valence-corrected chi connectivity index (χ0v) is 14.1. The van der Waals surface area contributed by atoms with Gasteiger partial charge >= 0.3 is 0 Å². The van der Waals surface area contributed by atoms with Gasteiger partial charge in [-0.1, -0.05) is 48.3 Å². The van der Waals surface area contributed by atoms with Crippen molar-refractivity contribution in [3.8, 4) is 0 Å². The Morgan fingerprint density at radius 2 is 2.09 bits per heavy atom. The van der Waals surface area contributed by atoms with Crippen LogP contribution in [-0.4, -0.2) is 26.2 Å². The van der Waals surface area contributed by atoms with E-state index in [0.717, 1.165) is 22.2 Å². The molecule has 5 heteroatoms. The minimum Gasteiger partial charge on any atom is -0.347 e. The largest absolute Gasteiger partial charge is 0.347 e. The van der Waals surface area contributed by atoms with Crippen LogP contribution in [0.5, 0.6) is 0 Å². The maximum atomic E-state index is 12.5. The van der Waals surface area contributed by atoms with Crippen LogP contribution in [0.15, 0.2) is 41.8 Å². The molecule has 1 amide bonds. The molecule has 0 bridgehead atoms. The van der Waals surface area contributed by atoms with Gasteiger partial charge in [-0.25, -0.2) is 0 Å². The molecule has 0 N–H and O–H groups in total. The van der Waals surface area contributed by atoms with Crippen molar-refractivity contribution in [1.82, 2.24) is 9.47 Å². The molecule has 1 aliphatic heterocycles. The molecule has 2 aromatic rings. The van der Waals surface area contributed by atoms with Crippen LogP contribution < -0.4 is 0 Å². The molecule has 0 unspecified atom stereocenters. The summed E-state index contributed by atoms with van der Waals surface area (Å²) in [6.45, 7) is 6.20. The van der Waals surface area contributed by atoms with Crippen LogP contribution >= 0.6 is 24.0 Å². The van der Waals surface area contributed by atoms with Gasteiger partial charge in [-0.15, -0.1) is 6.58 Å². The average molecular weight is 328 g/mol. The molecule has 1 aliphatic rings. The number of rotatable bonds is 3. The predicted molar refractivity (Wildman–Crippen MR) is 97.7 cm³/mol. The van der Waals surface area contributed by atoms with Crippen LogP contribution in [0.25, 0.3) is 17.0 Å². The average Bonchev–Trinajstić information content (AvgIpc) is 2.91. The molecule has 22 heavy (non-hydrogen) atoms. The summed E-state index contributed by atoms with van der Waals surface area (Å²) in [6, 6.07) is 8.21. The Morgan fingerprint density at radius 1 is 1.36 bits per heavy atom. The van der Waals surface area contributed by atoms with Crippen LogP contribution in [0, 0.1) is 6.92 Å². The quantitative estimate of drug-likeness (QED) is 0.486. The second kappa shape index (κ2) is 5.74. The van der Waals surface area contributed by atoms with E-state index >= 15 is 0 Å². The second-order valence-corrected chi connectivity index (χ2v) is 6.83. The summed E-state index contributed by atoms with van der Waals surface area (Å²) in [7, 11) is 2.04. The molecule has 3 nitrogen and oxygen atoms in total. The highest BCUT2D eigenvalue weighted by Crippen LogP contribution is 2.35. The molecule has 0 atom stereocenters. The number of nitrogens with zero attached hydrogens (tertiary/aromatic N) is 2. The van der Waals surface area contributed by atoms with E-state index in [1.165, 1.54) is 11.8 Å². The number of fused-ring (bicyclic) bond motifs is 1. The lowest BCUT2D eigenvalue weighted by atomic mass is 10.1. The van der Waals surface area contributed by atoms with E-state index in [4.69, 9.17) is 12.2 Å². The van der Waals surface area contributed by atoms with Crippen molar-refractivity contribution >= 4 is 51.2 Å². The van der Waals surface area contributed by atoms with Crippen LogP contribution in [-0.2, 0) is 11.8 Å². The maximum absolute atomic E-state index is 12.5. The van der Waals surface area contributed by atoms with Gasteiger partial charge in [0.1, 0.15) is 4.32 Å². The normalized spacial score (nSPS) is 17.0. The lowest BCUT2D eigenvalue weighted by Gasteiger charge is -2.10. The second-order valence-electron chi connectivity index (χ2n) is 5.16. The molecular weight excluding hydrogens is 312 g/mol.